The zero-order valence-corrected chi connectivity index (χ0v) is 11.6. The first-order valence-corrected chi connectivity index (χ1v) is 8.05. The smallest absolute Gasteiger partial charge is 0.261 e. The summed E-state index contributed by atoms with van der Waals surface area (Å²) in [5, 5.41) is 0. The van der Waals surface area contributed by atoms with Crippen LogP contribution in [0, 0.1) is 6.92 Å². The van der Waals surface area contributed by atoms with Gasteiger partial charge in [-0.05, 0) is 43.5 Å². The molecule has 0 spiro atoms. The van der Waals surface area contributed by atoms with Crippen molar-refractivity contribution in [1.82, 2.24) is 4.90 Å². The van der Waals surface area contributed by atoms with E-state index < -0.39 is 9.05 Å². The zero-order chi connectivity index (χ0) is 13.3. The zero-order valence-electron chi connectivity index (χ0n) is 10.0. The average molecular weight is 288 g/mol. The lowest BCUT2D eigenvalue weighted by Crippen LogP contribution is -2.28. The molecule has 0 aromatic heterocycles. The fourth-order valence-electron chi connectivity index (χ4n) is 2.12. The van der Waals surface area contributed by atoms with Crippen LogP contribution in [0.25, 0.3) is 0 Å². The molecule has 1 amide bonds. The lowest BCUT2D eigenvalue weighted by Gasteiger charge is -2.16. The van der Waals surface area contributed by atoms with Gasteiger partial charge in [-0.15, -0.1) is 0 Å². The van der Waals surface area contributed by atoms with E-state index in [1.54, 1.807) is 11.8 Å². The summed E-state index contributed by atoms with van der Waals surface area (Å²) < 4.78 is 22.4. The molecule has 4 nitrogen and oxygen atoms in total. The van der Waals surface area contributed by atoms with Crippen molar-refractivity contribution in [3.05, 3.63) is 29.3 Å². The van der Waals surface area contributed by atoms with E-state index in [2.05, 4.69) is 0 Å². The van der Waals surface area contributed by atoms with Crippen molar-refractivity contribution >= 4 is 25.6 Å². The second-order valence-electron chi connectivity index (χ2n) is 4.41. The Morgan fingerprint density at radius 1 is 1.28 bits per heavy atom. The molecule has 1 heterocycles. The average Bonchev–Trinajstić information content (AvgIpc) is 2.80. The van der Waals surface area contributed by atoms with Crippen molar-refractivity contribution in [2.45, 2.75) is 24.7 Å². The van der Waals surface area contributed by atoms with Gasteiger partial charge in [-0.2, -0.15) is 0 Å². The fourth-order valence-corrected chi connectivity index (χ4v) is 2.95. The summed E-state index contributed by atoms with van der Waals surface area (Å²) in [5.74, 6) is -0.0384. The lowest BCUT2D eigenvalue weighted by molar-refractivity contribution is 0.0792. The molecule has 1 aromatic carbocycles. The largest absolute Gasteiger partial charge is 0.339 e. The summed E-state index contributed by atoms with van der Waals surface area (Å²) in [6.07, 6.45) is 2.05. The monoisotopic (exact) mass is 287 g/mol. The van der Waals surface area contributed by atoms with E-state index in [9.17, 15) is 13.2 Å². The molecule has 0 saturated carbocycles. The van der Waals surface area contributed by atoms with Gasteiger partial charge in [0.25, 0.3) is 15.0 Å². The van der Waals surface area contributed by atoms with Crippen LogP contribution in [0.1, 0.15) is 28.8 Å². The summed E-state index contributed by atoms with van der Waals surface area (Å²) in [6.45, 7) is 3.26. The van der Waals surface area contributed by atoms with E-state index in [0.29, 0.717) is 11.1 Å². The normalized spacial score (nSPS) is 16.0. The third kappa shape index (κ3) is 2.67. The Kier molecular flexibility index (Phi) is 3.64. The van der Waals surface area contributed by atoms with E-state index in [0.717, 1.165) is 25.9 Å². The second kappa shape index (κ2) is 4.90. The first-order valence-electron chi connectivity index (χ1n) is 5.74. The highest BCUT2D eigenvalue weighted by molar-refractivity contribution is 8.13. The number of hydrogen-bond donors (Lipinski definition) is 0. The van der Waals surface area contributed by atoms with Crippen LogP contribution in [0.2, 0.25) is 0 Å². The van der Waals surface area contributed by atoms with Crippen LogP contribution in [0.3, 0.4) is 0 Å². The minimum absolute atomic E-state index is 0.0274. The molecule has 1 aliphatic heterocycles. The first kappa shape index (κ1) is 13.4. The number of nitrogens with zero attached hydrogens (tertiary/aromatic N) is 1. The van der Waals surface area contributed by atoms with Crippen LogP contribution in [0.5, 0.6) is 0 Å². The van der Waals surface area contributed by atoms with Gasteiger partial charge in [-0.3, -0.25) is 4.79 Å². The van der Waals surface area contributed by atoms with E-state index in [1.165, 1.54) is 18.2 Å². The second-order valence-corrected chi connectivity index (χ2v) is 6.98. The number of halogens is 1. The molecule has 0 atom stereocenters. The fraction of sp³-hybridized carbons (Fsp3) is 0.417. The maximum Gasteiger partial charge on any atom is 0.261 e. The maximum atomic E-state index is 12.2. The third-order valence-electron chi connectivity index (χ3n) is 3.10. The van der Waals surface area contributed by atoms with Crippen LogP contribution in [-0.4, -0.2) is 32.3 Å². The van der Waals surface area contributed by atoms with Crippen molar-refractivity contribution in [3.8, 4) is 0 Å². The molecule has 1 aromatic rings. The summed E-state index contributed by atoms with van der Waals surface area (Å²) in [5.41, 5.74) is 1.18. The van der Waals surface area contributed by atoms with Gasteiger partial charge in [-0.1, -0.05) is 0 Å². The highest BCUT2D eigenvalue weighted by Gasteiger charge is 2.21. The van der Waals surface area contributed by atoms with Crippen LogP contribution < -0.4 is 0 Å². The Balaban J connectivity index is 2.33. The third-order valence-corrected chi connectivity index (χ3v) is 4.45. The Morgan fingerprint density at radius 3 is 2.39 bits per heavy atom. The Morgan fingerprint density at radius 2 is 1.89 bits per heavy atom. The standard InChI is InChI=1S/C12H14ClNO3S/c1-9-8-10(18(13,16)17)4-5-11(9)12(15)14-6-2-3-7-14/h4-5,8H,2-3,6-7H2,1H3. The molecular weight excluding hydrogens is 274 g/mol. The van der Waals surface area contributed by atoms with E-state index in [4.69, 9.17) is 10.7 Å². The molecular formula is C12H14ClNO3S. The maximum absolute atomic E-state index is 12.2. The van der Waals surface area contributed by atoms with Gasteiger partial charge in [0.15, 0.2) is 0 Å². The minimum Gasteiger partial charge on any atom is -0.339 e. The number of carbonyl (C=O) groups excluding carboxylic acids is 1. The van der Waals surface area contributed by atoms with Crippen molar-refractivity contribution in [1.29, 1.82) is 0 Å². The number of aryl methyl sites for hydroxylation is 1. The first-order chi connectivity index (χ1) is 8.39. The Labute approximate surface area is 111 Å². The van der Waals surface area contributed by atoms with Gasteiger partial charge in [0.1, 0.15) is 0 Å². The molecule has 0 N–H and O–H groups in total. The van der Waals surface area contributed by atoms with Crippen LogP contribution in [0.4, 0.5) is 0 Å². The van der Waals surface area contributed by atoms with Crippen LogP contribution >= 0.6 is 10.7 Å². The summed E-state index contributed by atoms with van der Waals surface area (Å²) in [7, 11) is 1.53. The Hall–Kier alpha value is -1.07. The summed E-state index contributed by atoms with van der Waals surface area (Å²) >= 11 is 0. The van der Waals surface area contributed by atoms with Crippen LogP contribution in [-0.2, 0) is 9.05 Å². The quantitative estimate of drug-likeness (QED) is 0.783. The molecule has 0 aliphatic carbocycles. The van der Waals surface area contributed by atoms with Gasteiger partial charge in [0.05, 0.1) is 4.90 Å². The molecule has 18 heavy (non-hydrogen) atoms. The van der Waals surface area contributed by atoms with Crippen LogP contribution in [0.15, 0.2) is 23.1 Å². The highest BCUT2D eigenvalue weighted by atomic mass is 35.7. The predicted octanol–water partition coefficient (Wildman–Crippen LogP) is 2.16. The number of benzene rings is 1. The van der Waals surface area contributed by atoms with E-state index in [-0.39, 0.29) is 10.8 Å². The predicted molar refractivity (Wildman–Crippen MR) is 69.4 cm³/mol. The molecule has 0 unspecified atom stereocenters. The SMILES string of the molecule is Cc1cc(S(=O)(=O)Cl)ccc1C(=O)N1CCCC1. The lowest BCUT2D eigenvalue weighted by atomic mass is 10.1. The van der Waals surface area contributed by atoms with Gasteiger partial charge in [0.2, 0.25) is 0 Å². The molecule has 0 bridgehead atoms. The van der Waals surface area contributed by atoms with Crippen molar-refractivity contribution in [3.63, 3.8) is 0 Å². The number of amides is 1. The molecule has 2 rings (SSSR count). The molecule has 1 saturated heterocycles. The summed E-state index contributed by atoms with van der Waals surface area (Å²) in [4.78, 5) is 14.0. The van der Waals surface area contributed by atoms with E-state index in [1.807, 2.05) is 0 Å². The number of carbonyl (C=O) groups is 1. The van der Waals surface area contributed by atoms with Crippen molar-refractivity contribution in [2.75, 3.05) is 13.1 Å². The topological polar surface area (TPSA) is 54.5 Å². The number of hydrogen-bond acceptors (Lipinski definition) is 3. The van der Waals surface area contributed by atoms with Crippen molar-refractivity contribution in [2.24, 2.45) is 0 Å². The van der Waals surface area contributed by atoms with E-state index >= 15 is 0 Å². The van der Waals surface area contributed by atoms with Crippen molar-refractivity contribution < 1.29 is 13.2 Å². The summed E-state index contributed by atoms with van der Waals surface area (Å²) in [6, 6.07) is 4.34. The Bertz CT molecular complexity index is 577. The molecule has 1 aliphatic rings. The number of rotatable bonds is 2. The van der Waals surface area contributed by atoms with Gasteiger partial charge < -0.3 is 4.90 Å². The van der Waals surface area contributed by atoms with Gasteiger partial charge in [0, 0.05) is 29.3 Å². The van der Waals surface area contributed by atoms with Gasteiger partial charge in [-0.25, -0.2) is 8.42 Å². The number of likely N-dealkylation sites (tertiary alicyclic amines) is 1. The molecule has 0 radical (unpaired) electrons. The minimum atomic E-state index is -3.74. The highest BCUT2D eigenvalue weighted by Crippen LogP contribution is 2.21. The molecule has 98 valence electrons. The van der Waals surface area contributed by atoms with Gasteiger partial charge >= 0.3 is 0 Å². The molecule has 6 heteroatoms. The molecule has 1 fully saturated rings.